The molecule has 1 heteroatoms. The lowest BCUT2D eigenvalue weighted by molar-refractivity contribution is 0.800. The number of rotatable bonds is 4. The van der Waals surface area contributed by atoms with Crippen LogP contribution in [0, 0.1) is 0 Å². The Morgan fingerprint density at radius 3 is 2.06 bits per heavy atom. The van der Waals surface area contributed by atoms with Crippen LogP contribution in [0.5, 0.6) is 0 Å². The van der Waals surface area contributed by atoms with Crippen molar-refractivity contribution in [2.45, 2.75) is 57.7 Å². The molecule has 0 amide bonds. The maximum Gasteiger partial charge on any atom is 0.0395 e. The second kappa shape index (κ2) is 5.86. The number of hydrogen-bond donors (Lipinski definition) is 0. The molecule has 0 N–H and O–H groups in total. The minimum Gasteiger partial charge on any atom is -0.0839 e. The molecule has 1 rings (SSSR count). The third kappa shape index (κ3) is 3.10. The Hall–Kier alpha value is -0.300. The highest BCUT2D eigenvalue weighted by molar-refractivity contribution is 9.09. The molecule has 0 aliphatic carbocycles. The molecule has 0 saturated carbocycles. The monoisotopic (exact) mass is 282 g/mol. The van der Waals surface area contributed by atoms with Crippen molar-refractivity contribution < 1.29 is 0 Å². The van der Waals surface area contributed by atoms with E-state index >= 15 is 0 Å². The van der Waals surface area contributed by atoms with Crippen LogP contribution in [-0.4, -0.2) is 0 Å². The molecule has 0 bridgehead atoms. The van der Waals surface area contributed by atoms with Crippen LogP contribution < -0.4 is 0 Å². The van der Waals surface area contributed by atoms with Gasteiger partial charge in [-0.25, -0.2) is 0 Å². The van der Waals surface area contributed by atoms with E-state index in [9.17, 15) is 0 Å². The van der Waals surface area contributed by atoms with E-state index in [2.05, 4.69) is 68.7 Å². The Morgan fingerprint density at radius 2 is 1.62 bits per heavy atom. The molecule has 1 aromatic carbocycles. The maximum absolute atomic E-state index is 3.77. The zero-order chi connectivity index (χ0) is 12.3. The van der Waals surface area contributed by atoms with Gasteiger partial charge in [-0.3, -0.25) is 0 Å². The average molecular weight is 283 g/mol. The summed E-state index contributed by atoms with van der Waals surface area (Å²) in [6.45, 7) is 11.3. The van der Waals surface area contributed by atoms with Crippen molar-refractivity contribution in [3.8, 4) is 0 Å². The number of hydrogen-bond acceptors (Lipinski definition) is 0. The van der Waals surface area contributed by atoms with Gasteiger partial charge in [-0.2, -0.15) is 0 Å². The summed E-state index contributed by atoms with van der Waals surface area (Å²) in [7, 11) is 0. The summed E-state index contributed by atoms with van der Waals surface area (Å²) in [6.07, 6.45) is 1.14. The van der Waals surface area contributed by atoms with Gasteiger partial charge >= 0.3 is 0 Å². The summed E-state index contributed by atoms with van der Waals surface area (Å²) in [5.74, 6) is 1.21. The largest absolute Gasteiger partial charge is 0.0839 e. The van der Waals surface area contributed by atoms with Crippen molar-refractivity contribution in [2.24, 2.45) is 0 Å². The van der Waals surface area contributed by atoms with E-state index in [4.69, 9.17) is 0 Å². The predicted molar refractivity (Wildman–Crippen MR) is 76.6 cm³/mol. The molecule has 0 nitrogen and oxygen atoms in total. The normalized spacial score (nSPS) is 13.5. The minimum atomic E-state index is 0.492. The summed E-state index contributed by atoms with van der Waals surface area (Å²) in [4.78, 5) is 0.492. The number of alkyl halides is 1. The van der Waals surface area contributed by atoms with Crippen LogP contribution in [-0.2, 0) is 0 Å². The molecule has 1 atom stereocenters. The van der Waals surface area contributed by atoms with Crippen LogP contribution in [0.2, 0.25) is 0 Å². The fourth-order valence-electron chi connectivity index (χ4n) is 1.96. The smallest absolute Gasteiger partial charge is 0.0395 e. The molecule has 1 unspecified atom stereocenters. The highest BCUT2D eigenvalue weighted by Gasteiger charge is 2.14. The molecule has 0 heterocycles. The van der Waals surface area contributed by atoms with Gasteiger partial charge in [0.15, 0.2) is 0 Å². The Morgan fingerprint density at radius 1 is 1.00 bits per heavy atom. The molecule has 0 aromatic heterocycles. The molecular formula is C15H23Br. The van der Waals surface area contributed by atoms with Gasteiger partial charge in [-0.15, -0.1) is 0 Å². The molecule has 0 aliphatic heterocycles. The van der Waals surface area contributed by atoms with Crippen molar-refractivity contribution in [1.82, 2.24) is 0 Å². The molecule has 1 aromatic rings. The summed E-state index contributed by atoms with van der Waals surface area (Å²) in [5.41, 5.74) is 4.40. The van der Waals surface area contributed by atoms with Crippen molar-refractivity contribution in [1.29, 1.82) is 0 Å². The van der Waals surface area contributed by atoms with Crippen molar-refractivity contribution >= 4 is 15.9 Å². The van der Waals surface area contributed by atoms with E-state index in [1.165, 1.54) is 16.7 Å². The van der Waals surface area contributed by atoms with Gasteiger partial charge in [0.25, 0.3) is 0 Å². The fraction of sp³-hybridized carbons (Fsp3) is 0.600. The molecule has 16 heavy (non-hydrogen) atoms. The topological polar surface area (TPSA) is 0 Å². The van der Waals surface area contributed by atoms with Crippen molar-refractivity contribution in [3.63, 3.8) is 0 Å². The zero-order valence-corrected chi connectivity index (χ0v) is 12.6. The van der Waals surface area contributed by atoms with Gasteiger partial charge in [0.05, 0.1) is 0 Å². The molecule has 90 valence electrons. The van der Waals surface area contributed by atoms with Crippen LogP contribution in [0.4, 0.5) is 0 Å². The quantitative estimate of drug-likeness (QED) is 0.614. The lowest BCUT2D eigenvalue weighted by Crippen LogP contribution is -2.01. The third-order valence-electron chi connectivity index (χ3n) is 3.10. The lowest BCUT2D eigenvalue weighted by atomic mass is 9.90. The summed E-state index contributed by atoms with van der Waals surface area (Å²) in [5, 5.41) is 0. The van der Waals surface area contributed by atoms with E-state index in [1.807, 2.05) is 0 Å². The fourth-order valence-corrected chi connectivity index (χ4v) is 2.37. The Labute approximate surface area is 109 Å². The van der Waals surface area contributed by atoms with Crippen LogP contribution in [0.3, 0.4) is 0 Å². The first-order chi connectivity index (χ1) is 7.47. The summed E-state index contributed by atoms with van der Waals surface area (Å²) < 4.78 is 0. The highest BCUT2D eigenvalue weighted by Crippen LogP contribution is 2.34. The van der Waals surface area contributed by atoms with E-state index in [-0.39, 0.29) is 0 Å². The first-order valence-electron chi connectivity index (χ1n) is 6.25. The van der Waals surface area contributed by atoms with E-state index in [0.717, 1.165) is 6.42 Å². The Balaban J connectivity index is 3.19. The molecule has 0 saturated heterocycles. The molecule has 0 radical (unpaired) electrons. The van der Waals surface area contributed by atoms with Crippen molar-refractivity contribution in [2.75, 3.05) is 0 Å². The molecule has 0 spiro atoms. The molecule has 0 aliphatic rings. The van der Waals surface area contributed by atoms with Crippen LogP contribution in [0.15, 0.2) is 18.2 Å². The predicted octanol–water partition coefficient (Wildman–Crippen LogP) is 5.78. The van der Waals surface area contributed by atoms with E-state index < -0.39 is 0 Å². The number of halogens is 1. The Kier molecular flexibility index (Phi) is 5.04. The lowest BCUT2D eigenvalue weighted by Gasteiger charge is -2.19. The molecule has 0 fully saturated rings. The van der Waals surface area contributed by atoms with Crippen LogP contribution in [0.25, 0.3) is 0 Å². The van der Waals surface area contributed by atoms with Gasteiger partial charge in [-0.05, 0) is 34.9 Å². The SMILES string of the molecule is CCC(Br)c1ccc(C(C)C)cc1C(C)C. The van der Waals surface area contributed by atoms with E-state index in [0.29, 0.717) is 16.7 Å². The van der Waals surface area contributed by atoms with Gasteiger partial charge < -0.3 is 0 Å². The summed E-state index contributed by atoms with van der Waals surface area (Å²) in [6, 6.07) is 6.96. The minimum absolute atomic E-state index is 0.492. The van der Waals surface area contributed by atoms with Crippen LogP contribution in [0.1, 0.15) is 74.4 Å². The maximum atomic E-state index is 3.77. The average Bonchev–Trinajstić information content (AvgIpc) is 2.26. The second-order valence-electron chi connectivity index (χ2n) is 5.07. The van der Waals surface area contributed by atoms with Gasteiger partial charge in [0.2, 0.25) is 0 Å². The first kappa shape index (κ1) is 13.8. The van der Waals surface area contributed by atoms with E-state index in [1.54, 1.807) is 0 Å². The van der Waals surface area contributed by atoms with Crippen LogP contribution >= 0.6 is 15.9 Å². The third-order valence-corrected chi connectivity index (χ3v) is 4.24. The number of benzene rings is 1. The first-order valence-corrected chi connectivity index (χ1v) is 7.16. The molecular weight excluding hydrogens is 260 g/mol. The highest BCUT2D eigenvalue weighted by atomic mass is 79.9. The van der Waals surface area contributed by atoms with Gasteiger partial charge in [-0.1, -0.05) is 68.7 Å². The second-order valence-corrected chi connectivity index (χ2v) is 6.18. The van der Waals surface area contributed by atoms with Gasteiger partial charge in [0.1, 0.15) is 0 Å². The zero-order valence-electron chi connectivity index (χ0n) is 11.0. The van der Waals surface area contributed by atoms with Crippen molar-refractivity contribution in [3.05, 3.63) is 34.9 Å². The summed E-state index contributed by atoms with van der Waals surface area (Å²) >= 11 is 3.77. The van der Waals surface area contributed by atoms with Gasteiger partial charge in [0, 0.05) is 4.83 Å². The standard InChI is InChI=1S/C15H23Br/c1-6-15(16)13-8-7-12(10(2)3)9-14(13)11(4)5/h7-11,15H,6H2,1-5H3. The Bertz CT molecular complexity index is 339.